The molecule has 0 aromatic carbocycles. The Bertz CT molecular complexity index is 2000. The molecule has 91 heavy (non-hydrogen) atoms. The van der Waals surface area contributed by atoms with Crippen LogP contribution in [0.4, 0.5) is 0 Å². The molecule has 1 aliphatic heterocycles. The monoisotopic (exact) mass is 1270 g/mol. The molecular formula is C80H135NO10. The van der Waals surface area contributed by atoms with Crippen molar-refractivity contribution >= 4 is 11.9 Å². The summed E-state index contributed by atoms with van der Waals surface area (Å²) in [5, 5.41) is 57.3. The molecule has 1 heterocycles. The number of esters is 1. The molecule has 8 unspecified atom stereocenters. The molecule has 1 rings (SSSR count). The first-order chi connectivity index (χ1) is 44.7. The summed E-state index contributed by atoms with van der Waals surface area (Å²) in [6.45, 7) is 5.66. The van der Waals surface area contributed by atoms with Crippen molar-refractivity contribution in [3.63, 3.8) is 0 Å². The Labute approximate surface area is 556 Å². The van der Waals surface area contributed by atoms with Gasteiger partial charge in [0.1, 0.15) is 24.4 Å². The van der Waals surface area contributed by atoms with Crippen molar-refractivity contribution in [3.05, 3.63) is 134 Å². The van der Waals surface area contributed by atoms with Crippen LogP contribution in [0.1, 0.15) is 297 Å². The minimum Gasteiger partial charge on any atom is -0.454 e. The summed E-state index contributed by atoms with van der Waals surface area (Å²) >= 11 is 0. The van der Waals surface area contributed by atoms with Gasteiger partial charge in [0.2, 0.25) is 5.91 Å². The van der Waals surface area contributed by atoms with Gasteiger partial charge in [-0.2, -0.15) is 0 Å². The Hall–Kier alpha value is -4.20. The highest BCUT2D eigenvalue weighted by Crippen LogP contribution is 2.26. The molecule has 1 amide bonds. The smallest absolute Gasteiger partial charge is 0.306 e. The highest BCUT2D eigenvalue weighted by molar-refractivity contribution is 5.80. The normalized spacial score (nSPS) is 18.8. The molecular weight excluding hydrogens is 1130 g/mol. The maximum absolute atomic E-state index is 13.5. The molecule has 0 radical (unpaired) electrons. The Morgan fingerprint density at radius 3 is 1.21 bits per heavy atom. The van der Waals surface area contributed by atoms with E-state index in [0.29, 0.717) is 12.8 Å². The van der Waals surface area contributed by atoms with Gasteiger partial charge in [0.05, 0.1) is 25.4 Å². The van der Waals surface area contributed by atoms with Crippen molar-refractivity contribution in [2.24, 2.45) is 0 Å². The van der Waals surface area contributed by atoms with Crippen molar-refractivity contribution in [2.75, 3.05) is 13.2 Å². The average molecular weight is 1270 g/mol. The number of amides is 1. The molecule has 0 spiro atoms. The van der Waals surface area contributed by atoms with Crippen molar-refractivity contribution < 1.29 is 49.3 Å². The topological polar surface area (TPSA) is 175 Å². The Morgan fingerprint density at radius 1 is 0.440 bits per heavy atom. The van der Waals surface area contributed by atoms with Crippen LogP contribution in [0, 0.1) is 0 Å². The van der Waals surface area contributed by atoms with E-state index in [1.54, 1.807) is 6.08 Å². The summed E-state index contributed by atoms with van der Waals surface area (Å²) in [4.78, 5) is 26.7. The molecule has 0 bridgehead atoms. The molecule has 0 aliphatic carbocycles. The summed E-state index contributed by atoms with van der Waals surface area (Å²) < 4.78 is 17.7. The lowest BCUT2D eigenvalue weighted by Gasteiger charge is -2.41. The first kappa shape index (κ1) is 84.8. The SMILES string of the molecule is CC/C=C\C/C=C\C/C=C\C/C=C\C/C=C\C/C=C\CCCCCCCCCC(O)C(=O)NC(COC1OC(CO)C(O)C(O)C1OC(=O)CCCCCCCCC/C=C\C/C=C\C/C=C\C/C=C\CCCCC)C(O)/C=C/CCCCCCCCCCCCC. The minimum absolute atomic E-state index is 0.104. The third kappa shape index (κ3) is 52.8. The molecule has 1 saturated heterocycles. The van der Waals surface area contributed by atoms with Gasteiger partial charge in [-0.05, 0) is 122 Å². The molecule has 520 valence electrons. The van der Waals surface area contributed by atoms with Gasteiger partial charge in [-0.1, -0.05) is 302 Å². The highest BCUT2D eigenvalue weighted by Gasteiger charge is 2.47. The fourth-order valence-corrected chi connectivity index (χ4v) is 10.8. The summed E-state index contributed by atoms with van der Waals surface area (Å²) in [6.07, 6.45) is 83.3. The predicted octanol–water partition coefficient (Wildman–Crippen LogP) is 19.5. The van der Waals surface area contributed by atoms with Crippen molar-refractivity contribution in [3.8, 4) is 0 Å². The van der Waals surface area contributed by atoms with E-state index in [0.717, 1.165) is 161 Å². The quantitative estimate of drug-likeness (QED) is 0.0195. The fourth-order valence-electron chi connectivity index (χ4n) is 10.8. The van der Waals surface area contributed by atoms with Crippen molar-refractivity contribution in [1.29, 1.82) is 0 Å². The summed E-state index contributed by atoms with van der Waals surface area (Å²) in [6, 6.07) is -1.04. The number of aliphatic hydroxyl groups is 5. The number of allylic oxidation sites excluding steroid dienone is 21. The number of carbonyl (C=O) groups excluding carboxylic acids is 2. The molecule has 1 aliphatic rings. The average Bonchev–Trinajstić information content (AvgIpc) is 0.969. The van der Waals surface area contributed by atoms with Gasteiger partial charge in [-0.15, -0.1) is 0 Å². The van der Waals surface area contributed by atoms with Crippen molar-refractivity contribution in [2.45, 2.75) is 346 Å². The lowest BCUT2D eigenvalue weighted by Crippen LogP contribution is -2.61. The van der Waals surface area contributed by atoms with Gasteiger partial charge in [0.15, 0.2) is 12.4 Å². The van der Waals surface area contributed by atoms with E-state index >= 15 is 0 Å². The largest absolute Gasteiger partial charge is 0.454 e. The van der Waals surface area contributed by atoms with Gasteiger partial charge in [-0.3, -0.25) is 9.59 Å². The zero-order chi connectivity index (χ0) is 66.0. The van der Waals surface area contributed by atoms with E-state index in [1.165, 1.54) is 89.9 Å². The first-order valence-corrected chi connectivity index (χ1v) is 37.0. The number of hydrogen-bond donors (Lipinski definition) is 6. The van der Waals surface area contributed by atoms with Crippen LogP contribution in [-0.4, -0.2) is 99.6 Å². The van der Waals surface area contributed by atoms with E-state index in [-0.39, 0.29) is 19.4 Å². The molecule has 11 heteroatoms. The van der Waals surface area contributed by atoms with Gasteiger partial charge in [0.25, 0.3) is 0 Å². The standard InChI is InChI=1S/C80H135NO10/c1-4-7-10-13-16-19-22-25-27-29-31-33-35-36-37-39-40-42-44-46-49-52-55-58-61-64-67-73(84)79(88)81-71(72(83)66-63-60-57-54-51-48-24-21-18-15-12-9-6-3)70-89-80-78(77(87)76(86)74(69-82)90-80)91-75(85)68-65-62-59-56-53-50-47-45-43-41-38-34-32-30-28-26-23-20-17-14-11-8-5-2/h7,10,16-17,19-20,25-28,31-34,36-37,40-43,63,66,71-74,76-78,80,82-84,86-87H,4-6,8-9,11-15,18,21-24,29-30,35,38-39,44-62,64-65,67-70H2,1-3H3,(H,81,88)/b10-7-,19-16-,20-17-,27-25-,28-26-,33-31-,34-32-,37-36-,42-40-,43-41-,66-63+. The zero-order valence-electron chi connectivity index (χ0n) is 57.9. The van der Waals surface area contributed by atoms with Crippen LogP contribution in [0.15, 0.2) is 134 Å². The Kier molecular flexibility index (Phi) is 61.4. The third-order valence-corrected chi connectivity index (χ3v) is 16.5. The Morgan fingerprint density at radius 2 is 0.791 bits per heavy atom. The molecule has 8 atom stereocenters. The van der Waals surface area contributed by atoms with E-state index < -0.39 is 67.4 Å². The van der Waals surface area contributed by atoms with Crippen LogP contribution in [0.3, 0.4) is 0 Å². The van der Waals surface area contributed by atoms with Crippen LogP contribution in [0.25, 0.3) is 0 Å². The summed E-state index contributed by atoms with van der Waals surface area (Å²) in [5.74, 6) is -1.22. The van der Waals surface area contributed by atoms with Crippen LogP contribution >= 0.6 is 0 Å². The number of nitrogens with one attached hydrogen (secondary N) is 1. The maximum atomic E-state index is 13.5. The first-order valence-electron chi connectivity index (χ1n) is 37.0. The van der Waals surface area contributed by atoms with E-state index in [4.69, 9.17) is 14.2 Å². The summed E-state index contributed by atoms with van der Waals surface area (Å²) in [5.41, 5.74) is 0. The molecule has 0 saturated carbocycles. The fraction of sp³-hybridized carbons (Fsp3) is 0.700. The van der Waals surface area contributed by atoms with Crippen LogP contribution in [0.2, 0.25) is 0 Å². The molecule has 6 N–H and O–H groups in total. The third-order valence-electron chi connectivity index (χ3n) is 16.5. The molecule has 11 nitrogen and oxygen atoms in total. The number of aliphatic hydroxyl groups excluding tert-OH is 5. The lowest BCUT2D eigenvalue weighted by molar-refractivity contribution is -0.305. The van der Waals surface area contributed by atoms with E-state index in [1.807, 2.05) is 6.08 Å². The van der Waals surface area contributed by atoms with Gasteiger partial charge >= 0.3 is 5.97 Å². The van der Waals surface area contributed by atoms with Gasteiger partial charge in [0, 0.05) is 6.42 Å². The molecule has 0 aromatic heterocycles. The maximum Gasteiger partial charge on any atom is 0.306 e. The van der Waals surface area contributed by atoms with E-state index in [2.05, 4.69) is 148 Å². The zero-order valence-corrected chi connectivity index (χ0v) is 57.9. The van der Waals surface area contributed by atoms with Crippen molar-refractivity contribution in [1.82, 2.24) is 5.32 Å². The number of carbonyl (C=O) groups is 2. The second-order valence-electron chi connectivity index (χ2n) is 24.9. The van der Waals surface area contributed by atoms with Crippen LogP contribution < -0.4 is 5.32 Å². The Balaban J connectivity index is 2.60. The second kappa shape index (κ2) is 65.8. The number of ether oxygens (including phenoxy) is 3. The summed E-state index contributed by atoms with van der Waals surface area (Å²) in [7, 11) is 0. The molecule has 0 aromatic rings. The highest BCUT2D eigenvalue weighted by atomic mass is 16.7. The molecule has 1 fully saturated rings. The second-order valence-corrected chi connectivity index (χ2v) is 24.9. The van der Waals surface area contributed by atoms with Crippen LogP contribution in [0.5, 0.6) is 0 Å². The minimum atomic E-state index is -1.63. The number of rotatable bonds is 62. The van der Waals surface area contributed by atoms with Gasteiger partial charge in [-0.25, -0.2) is 0 Å². The predicted molar refractivity (Wildman–Crippen MR) is 384 cm³/mol. The van der Waals surface area contributed by atoms with Crippen LogP contribution in [-0.2, 0) is 23.8 Å². The van der Waals surface area contributed by atoms with Gasteiger partial charge < -0.3 is 45.1 Å². The lowest BCUT2D eigenvalue weighted by atomic mass is 9.99. The van der Waals surface area contributed by atoms with E-state index in [9.17, 15) is 35.1 Å². The number of hydrogen-bond acceptors (Lipinski definition) is 10. The number of unbranched alkanes of at least 4 members (excludes halogenated alkanes) is 28.